The van der Waals surface area contributed by atoms with Gasteiger partial charge in [-0.05, 0) is 29.7 Å². The van der Waals surface area contributed by atoms with E-state index in [1.807, 2.05) is 23.1 Å². The first kappa shape index (κ1) is 14.3. The van der Waals surface area contributed by atoms with E-state index in [0.717, 1.165) is 18.0 Å². The van der Waals surface area contributed by atoms with Crippen molar-refractivity contribution in [1.29, 1.82) is 0 Å². The van der Waals surface area contributed by atoms with Crippen LogP contribution >= 0.6 is 24.0 Å². The van der Waals surface area contributed by atoms with Gasteiger partial charge < -0.3 is 10.6 Å². The van der Waals surface area contributed by atoms with Crippen molar-refractivity contribution in [2.24, 2.45) is 5.73 Å². The number of rotatable bonds is 2. The Bertz CT molecular complexity index is 409. The van der Waals surface area contributed by atoms with E-state index in [1.54, 1.807) is 0 Å². The Morgan fingerprint density at radius 1 is 1.41 bits per heavy atom. The number of hydrogen-bond acceptors (Lipinski definition) is 2. The molecule has 1 amide bonds. The highest BCUT2D eigenvalue weighted by molar-refractivity contribution is 6.30. The van der Waals surface area contributed by atoms with E-state index in [2.05, 4.69) is 0 Å². The van der Waals surface area contributed by atoms with Crippen molar-refractivity contribution in [2.45, 2.75) is 19.4 Å². The van der Waals surface area contributed by atoms with Gasteiger partial charge in [-0.2, -0.15) is 0 Å². The maximum atomic E-state index is 11.7. The number of amides is 1. The molecule has 0 spiro atoms. The highest BCUT2D eigenvalue weighted by Crippen LogP contribution is 2.22. The largest absolute Gasteiger partial charge is 0.338 e. The van der Waals surface area contributed by atoms with Gasteiger partial charge in [0.15, 0.2) is 0 Å². The molecule has 1 aromatic carbocycles. The number of carbonyl (C=O) groups excluding carboxylic acids is 1. The molecule has 0 bridgehead atoms. The van der Waals surface area contributed by atoms with Crippen LogP contribution < -0.4 is 5.73 Å². The SMILES string of the molecule is Cl.NCCC(=O)N1CCc2cc(Cl)ccc2C1. The van der Waals surface area contributed by atoms with Crippen molar-refractivity contribution in [3.63, 3.8) is 0 Å². The van der Waals surface area contributed by atoms with Gasteiger partial charge in [-0.1, -0.05) is 17.7 Å². The summed E-state index contributed by atoms with van der Waals surface area (Å²) in [4.78, 5) is 13.6. The highest BCUT2D eigenvalue weighted by atomic mass is 35.5. The molecule has 2 N–H and O–H groups in total. The van der Waals surface area contributed by atoms with Crippen LogP contribution in [0.15, 0.2) is 18.2 Å². The summed E-state index contributed by atoms with van der Waals surface area (Å²) >= 11 is 5.93. The molecule has 2 rings (SSSR count). The van der Waals surface area contributed by atoms with Gasteiger partial charge in [0, 0.05) is 31.1 Å². The zero-order valence-corrected chi connectivity index (χ0v) is 11.1. The average Bonchev–Trinajstić information content (AvgIpc) is 2.28. The van der Waals surface area contributed by atoms with Crippen LogP contribution in [0, 0.1) is 0 Å². The van der Waals surface area contributed by atoms with E-state index in [-0.39, 0.29) is 18.3 Å². The number of fused-ring (bicyclic) bond motifs is 1. The third kappa shape index (κ3) is 3.35. The quantitative estimate of drug-likeness (QED) is 0.897. The van der Waals surface area contributed by atoms with E-state index >= 15 is 0 Å². The summed E-state index contributed by atoms with van der Waals surface area (Å²) in [6.07, 6.45) is 1.31. The first-order valence-electron chi connectivity index (χ1n) is 5.46. The van der Waals surface area contributed by atoms with E-state index < -0.39 is 0 Å². The van der Waals surface area contributed by atoms with E-state index in [0.29, 0.717) is 19.5 Å². The maximum Gasteiger partial charge on any atom is 0.224 e. The summed E-state index contributed by atoms with van der Waals surface area (Å²) in [6, 6.07) is 5.86. The summed E-state index contributed by atoms with van der Waals surface area (Å²) in [5, 5.41) is 0.764. The normalized spacial score (nSPS) is 13.9. The molecule has 17 heavy (non-hydrogen) atoms. The zero-order chi connectivity index (χ0) is 11.5. The summed E-state index contributed by atoms with van der Waals surface area (Å²) in [6.45, 7) is 1.88. The maximum absolute atomic E-state index is 11.7. The van der Waals surface area contributed by atoms with Gasteiger partial charge in [-0.3, -0.25) is 4.79 Å². The molecule has 1 heterocycles. The van der Waals surface area contributed by atoms with Crippen LogP contribution in [0.1, 0.15) is 17.5 Å². The molecule has 0 atom stereocenters. The lowest BCUT2D eigenvalue weighted by molar-refractivity contribution is -0.131. The molecule has 1 aromatic rings. The second-order valence-electron chi connectivity index (χ2n) is 4.02. The molecule has 0 aliphatic carbocycles. The second kappa shape index (κ2) is 6.24. The third-order valence-corrected chi connectivity index (χ3v) is 3.13. The van der Waals surface area contributed by atoms with Gasteiger partial charge in [-0.25, -0.2) is 0 Å². The van der Waals surface area contributed by atoms with Gasteiger partial charge in [0.05, 0.1) is 0 Å². The fraction of sp³-hybridized carbons (Fsp3) is 0.417. The molecule has 0 radical (unpaired) electrons. The van der Waals surface area contributed by atoms with E-state index in [1.165, 1.54) is 11.1 Å². The molecule has 0 saturated carbocycles. The lowest BCUT2D eigenvalue weighted by Gasteiger charge is -2.29. The molecular weight excluding hydrogens is 259 g/mol. The van der Waals surface area contributed by atoms with Crippen molar-refractivity contribution in [3.05, 3.63) is 34.3 Å². The topological polar surface area (TPSA) is 46.3 Å². The lowest BCUT2D eigenvalue weighted by Crippen LogP contribution is -2.36. The van der Waals surface area contributed by atoms with E-state index in [9.17, 15) is 4.79 Å². The van der Waals surface area contributed by atoms with Gasteiger partial charge in [0.1, 0.15) is 0 Å². The molecule has 0 fully saturated rings. The minimum atomic E-state index is 0. The van der Waals surface area contributed by atoms with Gasteiger partial charge in [-0.15, -0.1) is 12.4 Å². The molecule has 1 aliphatic heterocycles. The molecule has 0 aromatic heterocycles. The van der Waals surface area contributed by atoms with Gasteiger partial charge >= 0.3 is 0 Å². The Labute approximate surface area is 112 Å². The number of hydrogen-bond donors (Lipinski definition) is 1. The third-order valence-electron chi connectivity index (χ3n) is 2.89. The Balaban J connectivity index is 0.00000144. The van der Waals surface area contributed by atoms with Crippen molar-refractivity contribution in [3.8, 4) is 0 Å². The van der Waals surface area contributed by atoms with Crippen LogP contribution in [0.4, 0.5) is 0 Å². The number of nitrogens with two attached hydrogens (primary N) is 1. The molecular formula is C12H16Cl2N2O. The first-order valence-corrected chi connectivity index (χ1v) is 5.83. The predicted octanol–water partition coefficient (Wildman–Crippen LogP) is 2.00. The summed E-state index contributed by atoms with van der Waals surface area (Å²) < 4.78 is 0. The van der Waals surface area contributed by atoms with Crippen LogP contribution in [0.5, 0.6) is 0 Å². The Hall–Kier alpha value is -0.770. The van der Waals surface area contributed by atoms with Gasteiger partial charge in [0.25, 0.3) is 0 Å². The highest BCUT2D eigenvalue weighted by Gasteiger charge is 2.19. The molecule has 94 valence electrons. The summed E-state index contributed by atoms with van der Waals surface area (Å²) in [7, 11) is 0. The minimum absolute atomic E-state index is 0. The number of halogens is 2. The van der Waals surface area contributed by atoms with Crippen molar-refractivity contribution in [1.82, 2.24) is 4.90 Å². The Kier molecular flexibility index (Phi) is 5.25. The second-order valence-corrected chi connectivity index (χ2v) is 4.45. The van der Waals surface area contributed by atoms with Gasteiger partial charge in [0.2, 0.25) is 5.91 Å². The minimum Gasteiger partial charge on any atom is -0.338 e. The van der Waals surface area contributed by atoms with Crippen LogP contribution in [-0.4, -0.2) is 23.9 Å². The molecule has 1 aliphatic rings. The standard InChI is InChI=1S/C12H15ClN2O.ClH/c13-11-2-1-10-8-15(12(16)3-5-14)6-4-9(10)7-11;/h1-2,7H,3-6,8,14H2;1H. The molecule has 0 saturated heterocycles. The zero-order valence-electron chi connectivity index (χ0n) is 9.49. The monoisotopic (exact) mass is 274 g/mol. The van der Waals surface area contributed by atoms with Crippen LogP contribution in [0.25, 0.3) is 0 Å². The average molecular weight is 275 g/mol. The van der Waals surface area contributed by atoms with Crippen molar-refractivity contribution in [2.75, 3.05) is 13.1 Å². The van der Waals surface area contributed by atoms with E-state index in [4.69, 9.17) is 17.3 Å². The number of benzene rings is 1. The fourth-order valence-corrected chi connectivity index (χ4v) is 2.21. The number of nitrogens with zero attached hydrogens (tertiary/aromatic N) is 1. The Morgan fingerprint density at radius 2 is 2.18 bits per heavy atom. The Morgan fingerprint density at radius 3 is 2.88 bits per heavy atom. The predicted molar refractivity (Wildman–Crippen MR) is 71.5 cm³/mol. The van der Waals surface area contributed by atoms with Crippen molar-refractivity contribution < 1.29 is 4.79 Å². The van der Waals surface area contributed by atoms with Crippen LogP contribution in [0.3, 0.4) is 0 Å². The fourth-order valence-electron chi connectivity index (χ4n) is 2.02. The molecule has 0 unspecified atom stereocenters. The lowest BCUT2D eigenvalue weighted by atomic mass is 10.00. The van der Waals surface area contributed by atoms with Crippen molar-refractivity contribution >= 4 is 29.9 Å². The smallest absolute Gasteiger partial charge is 0.224 e. The molecule has 3 nitrogen and oxygen atoms in total. The molecule has 5 heteroatoms. The number of carbonyl (C=O) groups is 1. The first-order chi connectivity index (χ1) is 7.70. The van der Waals surface area contributed by atoms with Crippen LogP contribution in [0.2, 0.25) is 5.02 Å². The summed E-state index contributed by atoms with van der Waals surface area (Å²) in [5.74, 6) is 0.142. The summed E-state index contributed by atoms with van der Waals surface area (Å²) in [5.41, 5.74) is 7.84. The van der Waals surface area contributed by atoms with Crippen LogP contribution in [-0.2, 0) is 17.8 Å².